The van der Waals surface area contributed by atoms with E-state index in [-0.39, 0.29) is 5.91 Å². The molecule has 0 aliphatic carbocycles. The van der Waals surface area contributed by atoms with Crippen molar-refractivity contribution >= 4 is 46.0 Å². The van der Waals surface area contributed by atoms with Gasteiger partial charge in [-0.2, -0.15) is 0 Å². The quantitative estimate of drug-likeness (QED) is 0.480. The van der Waals surface area contributed by atoms with Crippen LogP contribution in [0.25, 0.3) is 11.0 Å². The molecule has 0 atom stereocenters. The van der Waals surface area contributed by atoms with Gasteiger partial charge in [0.25, 0.3) is 0 Å². The summed E-state index contributed by atoms with van der Waals surface area (Å²) in [5, 5.41) is 6.51. The number of para-hydroxylation sites is 1. The zero-order chi connectivity index (χ0) is 20.4. The molecule has 0 bridgehead atoms. The second-order valence-corrected chi connectivity index (χ2v) is 6.82. The number of aryl methyl sites for hydroxylation is 1. The number of hydrogen-bond acceptors (Lipinski definition) is 5. The average molecular weight is 408 g/mol. The van der Waals surface area contributed by atoms with E-state index >= 15 is 0 Å². The van der Waals surface area contributed by atoms with Crippen molar-refractivity contribution < 1.29 is 9.53 Å². The Bertz CT molecular complexity index is 1200. The van der Waals surface area contributed by atoms with Crippen LogP contribution in [0.1, 0.15) is 6.92 Å². The van der Waals surface area contributed by atoms with Crippen LogP contribution in [-0.4, -0.2) is 20.4 Å². The van der Waals surface area contributed by atoms with Gasteiger partial charge >= 0.3 is 0 Å². The molecule has 2 heterocycles. The molecule has 0 aliphatic heterocycles. The third-order valence-electron chi connectivity index (χ3n) is 4.24. The maximum absolute atomic E-state index is 11.2. The van der Waals surface area contributed by atoms with Gasteiger partial charge in [-0.25, -0.2) is 9.97 Å². The van der Waals surface area contributed by atoms with E-state index in [1.54, 1.807) is 18.3 Å². The fraction of sp³-hybridized carbons (Fsp3) is 0.0952. The first kappa shape index (κ1) is 18.8. The molecule has 2 N–H and O–H groups in total. The lowest BCUT2D eigenvalue weighted by atomic mass is 10.3. The van der Waals surface area contributed by atoms with E-state index in [2.05, 4.69) is 20.6 Å². The van der Waals surface area contributed by atoms with Crippen LogP contribution in [0.3, 0.4) is 0 Å². The Hall–Kier alpha value is -3.58. The van der Waals surface area contributed by atoms with Crippen molar-refractivity contribution in [1.29, 1.82) is 0 Å². The Balaban J connectivity index is 1.60. The fourth-order valence-corrected chi connectivity index (χ4v) is 3.08. The highest BCUT2D eigenvalue weighted by atomic mass is 35.5. The molecular weight excluding hydrogens is 390 g/mol. The molecule has 1 amide bonds. The zero-order valence-electron chi connectivity index (χ0n) is 15.8. The summed E-state index contributed by atoms with van der Waals surface area (Å²) in [5.41, 5.74) is 2.50. The normalized spacial score (nSPS) is 10.7. The van der Waals surface area contributed by atoms with Crippen molar-refractivity contribution in [3.05, 3.63) is 65.8 Å². The van der Waals surface area contributed by atoms with E-state index in [1.807, 2.05) is 54.1 Å². The highest BCUT2D eigenvalue weighted by Crippen LogP contribution is 2.30. The number of imidazole rings is 1. The number of pyridine rings is 1. The number of carbonyl (C=O) groups is 1. The summed E-state index contributed by atoms with van der Waals surface area (Å²) in [5.74, 6) is 2.10. The van der Waals surface area contributed by atoms with E-state index in [0.717, 1.165) is 16.7 Å². The molecule has 0 aliphatic rings. The number of hydrogen-bond donors (Lipinski definition) is 2. The van der Waals surface area contributed by atoms with Gasteiger partial charge in [-0.05, 0) is 30.3 Å². The van der Waals surface area contributed by atoms with E-state index in [0.29, 0.717) is 28.3 Å². The summed E-state index contributed by atoms with van der Waals surface area (Å²) >= 11 is 6.23. The number of nitrogens with zero attached hydrogens (tertiary/aromatic N) is 3. The van der Waals surface area contributed by atoms with Crippen LogP contribution in [0, 0.1) is 0 Å². The molecule has 4 rings (SSSR count). The van der Waals surface area contributed by atoms with Crippen molar-refractivity contribution in [2.24, 2.45) is 7.05 Å². The van der Waals surface area contributed by atoms with Crippen LogP contribution in [0.5, 0.6) is 11.5 Å². The maximum atomic E-state index is 11.2. The van der Waals surface area contributed by atoms with Crippen molar-refractivity contribution in [1.82, 2.24) is 14.5 Å². The van der Waals surface area contributed by atoms with Crippen molar-refractivity contribution in [3.8, 4) is 11.5 Å². The van der Waals surface area contributed by atoms with Gasteiger partial charge < -0.3 is 19.9 Å². The number of rotatable bonds is 5. The number of nitrogens with one attached hydrogen (secondary N) is 2. The van der Waals surface area contributed by atoms with Gasteiger partial charge in [0, 0.05) is 32.3 Å². The Labute approximate surface area is 172 Å². The van der Waals surface area contributed by atoms with Crippen molar-refractivity contribution in [2.45, 2.75) is 6.92 Å². The third-order valence-corrected chi connectivity index (χ3v) is 4.57. The van der Waals surface area contributed by atoms with Crippen molar-refractivity contribution in [2.75, 3.05) is 10.6 Å². The van der Waals surface area contributed by atoms with Crippen LogP contribution < -0.4 is 15.4 Å². The highest BCUT2D eigenvalue weighted by Gasteiger charge is 2.11. The Morgan fingerprint density at radius 3 is 2.69 bits per heavy atom. The molecule has 0 unspecified atom stereocenters. The highest BCUT2D eigenvalue weighted by molar-refractivity contribution is 6.33. The van der Waals surface area contributed by atoms with Gasteiger partial charge in [0.05, 0.1) is 21.7 Å². The minimum absolute atomic E-state index is 0.192. The first-order valence-electron chi connectivity index (χ1n) is 8.89. The summed E-state index contributed by atoms with van der Waals surface area (Å²) in [6.45, 7) is 1.43. The monoisotopic (exact) mass is 407 g/mol. The van der Waals surface area contributed by atoms with E-state index < -0.39 is 0 Å². The number of anilines is 3. The Morgan fingerprint density at radius 1 is 1.10 bits per heavy atom. The molecule has 146 valence electrons. The van der Waals surface area contributed by atoms with Gasteiger partial charge in [0.15, 0.2) is 0 Å². The number of aromatic nitrogens is 3. The van der Waals surface area contributed by atoms with Gasteiger partial charge in [0.2, 0.25) is 11.9 Å². The molecule has 0 saturated carbocycles. The predicted molar refractivity (Wildman–Crippen MR) is 114 cm³/mol. The van der Waals surface area contributed by atoms with E-state index in [1.165, 1.54) is 6.92 Å². The Kier molecular flexibility index (Phi) is 5.05. The lowest BCUT2D eigenvalue weighted by Crippen LogP contribution is -2.07. The minimum Gasteiger partial charge on any atom is -0.457 e. The molecular formula is C21H18ClN5O2. The number of amides is 1. The van der Waals surface area contributed by atoms with Gasteiger partial charge in [0.1, 0.15) is 17.3 Å². The number of ether oxygens (including phenoxy) is 1. The molecule has 8 heteroatoms. The Morgan fingerprint density at radius 2 is 1.90 bits per heavy atom. The third kappa shape index (κ3) is 4.14. The molecule has 0 spiro atoms. The predicted octanol–water partition coefficient (Wildman–Crippen LogP) is 5.12. The molecule has 2 aromatic carbocycles. The lowest BCUT2D eigenvalue weighted by molar-refractivity contribution is -0.114. The smallest absolute Gasteiger partial charge is 0.222 e. The topological polar surface area (TPSA) is 81.1 Å². The van der Waals surface area contributed by atoms with Gasteiger partial charge in [-0.1, -0.05) is 23.7 Å². The number of carbonyl (C=O) groups excluding carboxylic acids is 1. The molecule has 4 aromatic rings. The molecule has 2 aromatic heterocycles. The largest absolute Gasteiger partial charge is 0.457 e. The van der Waals surface area contributed by atoms with E-state index in [4.69, 9.17) is 16.3 Å². The zero-order valence-corrected chi connectivity index (χ0v) is 16.6. The number of benzene rings is 2. The van der Waals surface area contributed by atoms with Crippen LogP contribution in [0.15, 0.2) is 60.8 Å². The molecule has 7 nitrogen and oxygen atoms in total. The first-order valence-corrected chi connectivity index (χ1v) is 9.27. The summed E-state index contributed by atoms with van der Waals surface area (Å²) in [6.07, 6.45) is 1.57. The molecule has 0 radical (unpaired) electrons. The van der Waals surface area contributed by atoms with Gasteiger partial charge in [-0.3, -0.25) is 4.79 Å². The number of fused-ring (bicyclic) bond motifs is 1. The maximum Gasteiger partial charge on any atom is 0.222 e. The van der Waals surface area contributed by atoms with Crippen LogP contribution >= 0.6 is 11.6 Å². The van der Waals surface area contributed by atoms with Crippen molar-refractivity contribution in [3.63, 3.8) is 0 Å². The van der Waals surface area contributed by atoms with Gasteiger partial charge in [-0.15, -0.1) is 0 Å². The second-order valence-electron chi connectivity index (χ2n) is 6.41. The molecule has 29 heavy (non-hydrogen) atoms. The van der Waals surface area contributed by atoms with E-state index in [9.17, 15) is 4.79 Å². The summed E-state index contributed by atoms with van der Waals surface area (Å²) in [6, 6.07) is 16.5. The summed E-state index contributed by atoms with van der Waals surface area (Å²) in [4.78, 5) is 19.9. The molecule has 0 fully saturated rings. The second kappa shape index (κ2) is 7.81. The first-order chi connectivity index (χ1) is 14.0. The number of halogens is 1. The molecule has 0 saturated heterocycles. The summed E-state index contributed by atoms with van der Waals surface area (Å²) < 4.78 is 7.86. The van der Waals surface area contributed by atoms with Crippen LogP contribution in [0.4, 0.5) is 17.5 Å². The standard InChI is InChI=1S/C21H18ClN5O2/c1-13(28)24-20-12-15(9-10-23-20)29-14-7-8-19-18(11-14)26-21(27(19)2)25-17-6-4-3-5-16(17)22/h3-12H,1-2H3,(H,25,26)(H,23,24,28). The lowest BCUT2D eigenvalue weighted by Gasteiger charge is -2.08. The SMILES string of the molecule is CC(=O)Nc1cc(Oc2ccc3c(c2)nc(Nc2ccccc2Cl)n3C)ccn1. The van der Waals surface area contributed by atoms with Crippen LogP contribution in [-0.2, 0) is 11.8 Å². The van der Waals surface area contributed by atoms with Crippen LogP contribution in [0.2, 0.25) is 5.02 Å². The average Bonchev–Trinajstić information content (AvgIpc) is 2.98. The fourth-order valence-electron chi connectivity index (χ4n) is 2.90. The summed E-state index contributed by atoms with van der Waals surface area (Å²) in [7, 11) is 1.93. The minimum atomic E-state index is -0.192.